The molecule has 20 heavy (non-hydrogen) atoms. The lowest BCUT2D eigenvalue weighted by Gasteiger charge is -2.00. The number of hydrogen-bond donors (Lipinski definition) is 0. The number of carbonyl (C=O) groups is 1. The van der Waals surface area contributed by atoms with Gasteiger partial charge in [0.1, 0.15) is 5.69 Å². The van der Waals surface area contributed by atoms with E-state index in [1.165, 1.54) is 11.3 Å². The molecular weight excluding hydrogens is 294 g/mol. The fraction of sp³-hybridized carbons (Fsp3) is 0. The summed E-state index contributed by atoms with van der Waals surface area (Å²) in [5.74, 6) is 0.421. The van der Waals surface area contributed by atoms with Crippen molar-refractivity contribution in [3.8, 4) is 21.8 Å². The predicted molar refractivity (Wildman–Crippen MR) is 77.0 cm³/mol. The van der Waals surface area contributed by atoms with Crippen molar-refractivity contribution in [2.24, 2.45) is 0 Å². The Morgan fingerprint density at radius 2 is 2.00 bits per heavy atom. The van der Waals surface area contributed by atoms with Crippen LogP contribution in [0.15, 0.2) is 36.1 Å². The van der Waals surface area contributed by atoms with Crippen LogP contribution in [0.1, 0.15) is 16.1 Å². The van der Waals surface area contributed by atoms with E-state index in [1.807, 2.05) is 6.07 Å². The molecule has 0 spiro atoms. The highest BCUT2D eigenvalue weighted by atomic mass is 35.5. The van der Waals surface area contributed by atoms with Crippen LogP contribution < -0.4 is 0 Å². The number of benzene rings is 1. The third kappa shape index (κ3) is 1.60. The normalized spacial score (nSPS) is 12.3. The maximum Gasteiger partial charge on any atom is 0.212 e. The molecule has 96 valence electrons. The first-order valence-electron chi connectivity index (χ1n) is 5.84. The predicted octanol–water partition coefficient (Wildman–Crippen LogP) is 3.46. The third-order valence-corrected chi connectivity index (χ3v) is 4.18. The second-order valence-electron chi connectivity index (χ2n) is 4.34. The number of ketones is 1. The summed E-state index contributed by atoms with van der Waals surface area (Å²) < 4.78 is 0. The van der Waals surface area contributed by atoms with Gasteiger partial charge in [-0.25, -0.2) is 9.97 Å². The monoisotopic (exact) mass is 299 g/mol. The van der Waals surface area contributed by atoms with E-state index in [1.54, 1.807) is 30.0 Å². The van der Waals surface area contributed by atoms with Gasteiger partial charge in [0, 0.05) is 28.5 Å². The molecule has 0 unspecified atom stereocenters. The van der Waals surface area contributed by atoms with Crippen LogP contribution in [0.5, 0.6) is 0 Å². The maximum atomic E-state index is 12.4. The Bertz CT molecular complexity index is 846. The zero-order valence-electron chi connectivity index (χ0n) is 10.0. The molecule has 6 heteroatoms. The molecule has 0 saturated carbocycles. The van der Waals surface area contributed by atoms with Crippen LogP contribution in [0.3, 0.4) is 0 Å². The van der Waals surface area contributed by atoms with Gasteiger partial charge in [-0.15, -0.1) is 11.3 Å². The Balaban J connectivity index is 1.92. The van der Waals surface area contributed by atoms with Crippen LogP contribution in [0, 0.1) is 0 Å². The van der Waals surface area contributed by atoms with Gasteiger partial charge in [0.15, 0.2) is 5.82 Å². The first kappa shape index (κ1) is 11.7. The van der Waals surface area contributed by atoms with E-state index in [4.69, 9.17) is 11.6 Å². The van der Waals surface area contributed by atoms with Gasteiger partial charge in [-0.05, 0) is 17.7 Å². The van der Waals surface area contributed by atoms with Crippen LogP contribution in [0.4, 0.5) is 0 Å². The molecule has 1 aliphatic carbocycles. The van der Waals surface area contributed by atoms with Crippen molar-refractivity contribution in [2.45, 2.75) is 0 Å². The average Bonchev–Trinajstić information content (AvgIpc) is 3.07. The fourth-order valence-electron chi connectivity index (χ4n) is 2.26. The number of thiazole rings is 1. The van der Waals surface area contributed by atoms with Gasteiger partial charge in [0.25, 0.3) is 0 Å². The van der Waals surface area contributed by atoms with Crippen molar-refractivity contribution in [3.63, 3.8) is 0 Å². The molecule has 4 nitrogen and oxygen atoms in total. The molecule has 1 aromatic carbocycles. The van der Waals surface area contributed by atoms with E-state index in [2.05, 4.69) is 15.0 Å². The average molecular weight is 300 g/mol. The van der Waals surface area contributed by atoms with Crippen molar-refractivity contribution in [1.82, 2.24) is 15.0 Å². The molecule has 0 atom stereocenters. The van der Waals surface area contributed by atoms with E-state index in [0.717, 1.165) is 16.0 Å². The van der Waals surface area contributed by atoms with Gasteiger partial charge >= 0.3 is 0 Å². The molecule has 2 aromatic heterocycles. The van der Waals surface area contributed by atoms with Crippen LogP contribution in [-0.2, 0) is 0 Å². The summed E-state index contributed by atoms with van der Waals surface area (Å²) in [6.45, 7) is 0. The largest absolute Gasteiger partial charge is 0.287 e. The quantitative estimate of drug-likeness (QED) is 0.540. The molecule has 1 aliphatic rings. The van der Waals surface area contributed by atoms with E-state index in [0.29, 0.717) is 22.1 Å². The number of halogens is 1. The zero-order chi connectivity index (χ0) is 13.7. The Kier molecular flexibility index (Phi) is 2.45. The van der Waals surface area contributed by atoms with E-state index in [-0.39, 0.29) is 5.78 Å². The molecule has 0 fully saturated rings. The number of carbonyl (C=O) groups excluding carboxylic acids is 1. The lowest BCUT2D eigenvalue weighted by Crippen LogP contribution is -2.00. The van der Waals surface area contributed by atoms with Gasteiger partial charge < -0.3 is 0 Å². The molecule has 2 heterocycles. The van der Waals surface area contributed by atoms with E-state index < -0.39 is 0 Å². The Morgan fingerprint density at radius 1 is 1.10 bits per heavy atom. The van der Waals surface area contributed by atoms with Gasteiger partial charge in [-0.2, -0.15) is 0 Å². The molecule has 0 bridgehead atoms. The second-order valence-corrected chi connectivity index (χ2v) is 5.66. The van der Waals surface area contributed by atoms with E-state index >= 15 is 0 Å². The number of hydrogen-bond acceptors (Lipinski definition) is 5. The Morgan fingerprint density at radius 3 is 2.80 bits per heavy atom. The molecule has 0 aliphatic heterocycles. The molecule has 0 N–H and O–H groups in total. The first-order chi connectivity index (χ1) is 9.74. The molecule has 3 aromatic rings. The minimum absolute atomic E-state index is 0.106. The highest BCUT2D eigenvalue weighted by Crippen LogP contribution is 2.37. The molecule has 4 rings (SSSR count). The number of nitrogens with zero attached hydrogens (tertiary/aromatic N) is 3. The second kappa shape index (κ2) is 4.19. The van der Waals surface area contributed by atoms with Crippen LogP contribution in [0.25, 0.3) is 21.8 Å². The lowest BCUT2D eigenvalue weighted by atomic mass is 10.1. The summed E-state index contributed by atoms with van der Waals surface area (Å²) >= 11 is 7.39. The van der Waals surface area contributed by atoms with Gasteiger partial charge in [-0.1, -0.05) is 17.7 Å². The topological polar surface area (TPSA) is 55.7 Å². The van der Waals surface area contributed by atoms with Crippen molar-refractivity contribution >= 4 is 28.7 Å². The third-order valence-electron chi connectivity index (χ3n) is 3.17. The van der Waals surface area contributed by atoms with Crippen molar-refractivity contribution in [1.29, 1.82) is 0 Å². The Hall–Kier alpha value is -2.11. The summed E-state index contributed by atoms with van der Waals surface area (Å²) in [4.78, 5) is 26.0. The standard InChI is InChI=1S/C14H6ClN3OS/c15-7-1-2-8-9(3-7)13(19)12-10(8)4-17-14(18-12)11-5-16-6-20-11/h1-6H. The number of aromatic nitrogens is 3. The summed E-state index contributed by atoms with van der Waals surface area (Å²) in [5.41, 5.74) is 4.33. The fourth-order valence-corrected chi connectivity index (χ4v) is 3.00. The molecular formula is C14H6ClN3OS. The summed E-state index contributed by atoms with van der Waals surface area (Å²) in [7, 11) is 0. The molecule has 0 amide bonds. The smallest absolute Gasteiger partial charge is 0.212 e. The maximum absolute atomic E-state index is 12.4. The highest BCUT2D eigenvalue weighted by Gasteiger charge is 2.29. The van der Waals surface area contributed by atoms with E-state index in [9.17, 15) is 4.79 Å². The van der Waals surface area contributed by atoms with Crippen molar-refractivity contribution in [2.75, 3.05) is 0 Å². The van der Waals surface area contributed by atoms with Crippen LogP contribution in [-0.4, -0.2) is 20.7 Å². The van der Waals surface area contributed by atoms with Crippen LogP contribution >= 0.6 is 22.9 Å². The summed E-state index contributed by atoms with van der Waals surface area (Å²) in [6, 6.07) is 5.27. The summed E-state index contributed by atoms with van der Waals surface area (Å²) in [6.07, 6.45) is 3.38. The van der Waals surface area contributed by atoms with Gasteiger partial charge in [-0.3, -0.25) is 9.78 Å². The first-order valence-corrected chi connectivity index (χ1v) is 7.10. The van der Waals surface area contributed by atoms with Crippen LogP contribution in [0.2, 0.25) is 5.02 Å². The SMILES string of the molecule is O=C1c2cc(Cl)ccc2-c2cnc(-c3cncs3)nc21. The van der Waals surface area contributed by atoms with Gasteiger partial charge in [0.05, 0.1) is 10.4 Å². The van der Waals surface area contributed by atoms with Crippen molar-refractivity contribution < 1.29 is 4.79 Å². The zero-order valence-corrected chi connectivity index (χ0v) is 11.6. The lowest BCUT2D eigenvalue weighted by molar-refractivity contribution is 0.103. The number of fused-ring (bicyclic) bond motifs is 3. The van der Waals surface area contributed by atoms with Gasteiger partial charge in [0.2, 0.25) is 5.78 Å². The number of rotatable bonds is 1. The molecule has 0 radical (unpaired) electrons. The van der Waals surface area contributed by atoms with Crippen molar-refractivity contribution in [3.05, 3.63) is 52.4 Å². The highest BCUT2D eigenvalue weighted by molar-refractivity contribution is 7.13. The molecule has 0 saturated heterocycles. The minimum atomic E-state index is -0.106. The minimum Gasteiger partial charge on any atom is -0.287 e. The summed E-state index contributed by atoms with van der Waals surface area (Å²) in [5, 5.41) is 0.542. The Labute approximate surface area is 123 Å².